The van der Waals surface area contributed by atoms with Gasteiger partial charge in [-0.2, -0.15) is 0 Å². The molecule has 0 aliphatic carbocycles. The highest BCUT2D eigenvalue weighted by molar-refractivity contribution is 7.99. The van der Waals surface area contributed by atoms with E-state index in [4.69, 9.17) is 21.7 Å². The largest absolute Gasteiger partial charge is 0.396 e. The fourth-order valence-corrected chi connectivity index (χ4v) is 3.44. The minimum Gasteiger partial charge on any atom is -0.396 e. The zero-order chi connectivity index (χ0) is 15.4. The molecule has 0 fully saturated rings. The van der Waals surface area contributed by atoms with Gasteiger partial charge in [0.15, 0.2) is 5.16 Å². The minimum atomic E-state index is 0.206. The summed E-state index contributed by atoms with van der Waals surface area (Å²) < 4.78 is 2.21. The number of aliphatic hydroxyl groups excluding tert-OH is 1. The first-order valence-corrected chi connectivity index (χ1v) is 8.57. The minimum absolute atomic E-state index is 0.206. The Balaban J connectivity index is 1.98. The maximum absolute atomic E-state index is 8.97. The van der Waals surface area contributed by atoms with Gasteiger partial charge in [-0.05, 0) is 30.2 Å². The van der Waals surface area contributed by atoms with Gasteiger partial charge in [-0.1, -0.05) is 53.7 Å². The summed E-state index contributed by atoms with van der Waals surface area (Å²) in [5, 5.41) is 10.6. The topological polar surface area (TPSA) is 38.1 Å². The second-order valence-corrected chi connectivity index (χ2v) is 6.52. The van der Waals surface area contributed by atoms with E-state index in [9.17, 15) is 0 Å². The summed E-state index contributed by atoms with van der Waals surface area (Å²) in [6, 6.07) is 16.2. The lowest BCUT2D eigenvalue weighted by Crippen LogP contribution is -2.02. The van der Waals surface area contributed by atoms with Crippen molar-refractivity contribution in [2.45, 2.75) is 18.1 Å². The van der Waals surface area contributed by atoms with Crippen LogP contribution in [0.25, 0.3) is 11.0 Å². The van der Waals surface area contributed by atoms with Crippen molar-refractivity contribution in [3.05, 3.63) is 59.1 Å². The quantitative estimate of drug-likeness (QED) is 0.542. The Hall–Kier alpha value is -1.49. The summed E-state index contributed by atoms with van der Waals surface area (Å²) >= 11 is 7.75. The van der Waals surface area contributed by atoms with E-state index in [0.29, 0.717) is 5.02 Å². The summed E-state index contributed by atoms with van der Waals surface area (Å²) in [6.07, 6.45) is 0.764. The number of halogens is 1. The molecule has 0 radical (unpaired) electrons. The Labute approximate surface area is 138 Å². The molecular weight excluding hydrogens is 316 g/mol. The highest BCUT2D eigenvalue weighted by Crippen LogP contribution is 2.27. The lowest BCUT2D eigenvalue weighted by Gasteiger charge is -2.09. The van der Waals surface area contributed by atoms with Crippen LogP contribution in [0.4, 0.5) is 0 Å². The Morgan fingerprint density at radius 1 is 1.14 bits per heavy atom. The molecule has 0 aliphatic heterocycles. The van der Waals surface area contributed by atoms with Gasteiger partial charge in [0.25, 0.3) is 0 Å². The van der Waals surface area contributed by atoms with Crippen LogP contribution in [0.3, 0.4) is 0 Å². The van der Waals surface area contributed by atoms with Crippen LogP contribution in [0.15, 0.2) is 53.7 Å². The fourth-order valence-electron chi connectivity index (χ4n) is 2.34. The van der Waals surface area contributed by atoms with Crippen molar-refractivity contribution in [1.29, 1.82) is 0 Å². The molecule has 0 atom stereocenters. The smallest absolute Gasteiger partial charge is 0.169 e. The lowest BCUT2D eigenvalue weighted by atomic mass is 10.2. The van der Waals surface area contributed by atoms with Gasteiger partial charge in [0.05, 0.1) is 17.6 Å². The van der Waals surface area contributed by atoms with E-state index in [1.54, 1.807) is 11.8 Å². The van der Waals surface area contributed by atoms with Crippen LogP contribution in [-0.4, -0.2) is 27.0 Å². The molecule has 0 bridgehead atoms. The van der Waals surface area contributed by atoms with Gasteiger partial charge in [-0.15, -0.1) is 0 Å². The number of thioether (sulfide) groups is 1. The normalized spacial score (nSPS) is 11.2. The summed E-state index contributed by atoms with van der Waals surface area (Å²) in [7, 11) is 0. The van der Waals surface area contributed by atoms with Gasteiger partial charge in [0, 0.05) is 17.4 Å². The number of hydrogen-bond acceptors (Lipinski definition) is 3. The third-order valence-corrected chi connectivity index (χ3v) is 4.69. The number of aliphatic hydroxyl groups is 1. The standard InChI is InChI=1S/C17H17ClN2OS/c18-14-7-8-16-15(11-14)19-17(22-10-4-9-21)20(16)12-13-5-2-1-3-6-13/h1-3,5-8,11,21H,4,9-10,12H2. The van der Waals surface area contributed by atoms with Gasteiger partial charge < -0.3 is 9.67 Å². The van der Waals surface area contributed by atoms with E-state index in [-0.39, 0.29) is 6.61 Å². The van der Waals surface area contributed by atoms with Crippen LogP contribution in [0, 0.1) is 0 Å². The first kappa shape index (κ1) is 15.4. The lowest BCUT2D eigenvalue weighted by molar-refractivity contribution is 0.296. The van der Waals surface area contributed by atoms with Crippen LogP contribution >= 0.6 is 23.4 Å². The molecule has 0 saturated heterocycles. The molecule has 22 heavy (non-hydrogen) atoms. The SMILES string of the molecule is OCCCSc1nc2cc(Cl)ccc2n1Cc1ccccc1. The number of fused-ring (bicyclic) bond motifs is 1. The number of aromatic nitrogens is 2. The Morgan fingerprint density at radius 3 is 2.73 bits per heavy atom. The molecule has 0 amide bonds. The van der Waals surface area contributed by atoms with Crippen molar-refractivity contribution in [3.8, 4) is 0 Å². The molecule has 1 heterocycles. The van der Waals surface area contributed by atoms with Crippen LogP contribution in [0.5, 0.6) is 0 Å². The summed E-state index contributed by atoms with van der Waals surface area (Å²) in [6.45, 7) is 0.984. The van der Waals surface area contributed by atoms with Crippen LogP contribution < -0.4 is 0 Å². The molecule has 1 aromatic heterocycles. The predicted molar refractivity (Wildman–Crippen MR) is 92.7 cm³/mol. The van der Waals surface area contributed by atoms with Crippen LogP contribution in [0.2, 0.25) is 5.02 Å². The molecule has 114 valence electrons. The van der Waals surface area contributed by atoms with Crippen molar-refractivity contribution >= 4 is 34.4 Å². The first-order chi connectivity index (χ1) is 10.8. The Kier molecular flexibility index (Phi) is 5.03. The van der Waals surface area contributed by atoms with E-state index < -0.39 is 0 Å². The van der Waals surface area contributed by atoms with Crippen molar-refractivity contribution < 1.29 is 5.11 Å². The maximum atomic E-state index is 8.97. The fraction of sp³-hybridized carbons (Fsp3) is 0.235. The number of rotatable bonds is 6. The first-order valence-electron chi connectivity index (χ1n) is 7.21. The Bertz CT molecular complexity index is 758. The molecule has 1 N–H and O–H groups in total. The van der Waals surface area contributed by atoms with E-state index in [1.807, 2.05) is 36.4 Å². The zero-order valence-electron chi connectivity index (χ0n) is 12.1. The molecule has 0 unspecified atom stereocenters. The molecule has 3 nitrogen and oxygen atoms in total. The summed E-state index contributed by atoms with van der Waals surface area (Å²) in [4.78, 5) is 4.70. The molecule has 0 aliphatic rings. The average Bonchev–Trinajstić information content (AvgIpc) is 2.85. The second-order valence-electron chi connectivity index (χ2n) is 5.02. The number of nitrogens with zero attached hydrogens (tertiary/aromatic N) is 2. The van der Waals surface area contributed by atoms with Crippen molar-refractivity contribution in [1.82, 2.24) is 9.55 Å². The predicted octanol–water partition coefficient (Wildman–Crippen LogP) is 4.21. The highest BCUT2D eigenvalue weighted by Gasteiger charge is 2.12. The summed E-state index contributed by atoms with van der Waals surface area (Å²) in [5.74, 6) is 0.850. The van der Waals surface area contributed by atoms with E-state index in [1.165, 1.54) is 5.56 Å². The number of imidazole rings is 1. The number of hydrogen-bond donors (Lipinski definition) is 1. The van der Waals surface area contributed by atoms with Crippen molar-refractivity contribution in [2.24, 2.45) is 0 Å². The monoisotopic (exact) mass is 332 g/mol. The molecule has 2 aromatic carbocycles. The second kappa shape index (κ2) is 7.18. The van der Waals surface area contributed by atoms with E-state index in [2.05, 4.69) is 16.7 Å². The molecule has 5 heteroatoms. The maximum Gasteiger partial charge on any atom is 0.169 e. The van der Waals surface area contributed by atoms with Gasteiger partial charge in [0.2, 0.25) is 0 Å². The van der Waals surface area contributed by atoms with Crippen LogP contribution in [-0.2, 0) is 6.54 Å². The summed E-state index contributed by atoms with van der Waals surface area (Å²) in [5.41, 5.74) is 3.23. The Morgan fingerprint density at radius 2 is 1.95 bits per heavy atom. The van der Waals surface area contributed by atoms with Crippen molar-refractivity contribution in [2.75, 3.05) is 12.4 Å². The molecule has 3 rings (SSSR count). The molecule has 0 saturated carbocycles. The highest BCUT2D eigenvalue weighted by atomic mass is 35.5. The van der Waals surface area contributed by atoms with Gasteiger partial charge in [-0.3, -0.25) is 0 Å². The molecule has 0 spiro atoms. The van der Waals surface area contributed by atoms with E-state index in [0.717, 1.165) is 34.9 Å². The molecule has 3 aromatic rings. The number of benzene rings is 2. The van der Waals surface area contributed by atoms with Crippen LogP contribution in [0.1, 0.15) is 12.0 Å². The zero-order valence-corrected chi connectivity index (χ0v) is 13.6. The van der Waals surface area contributed by atoms with Gasteiger partial charge >= 0.3 is 0 Å². The molecular formula is C17H17ClN2OS. The van der Waals surface area contributed by atoms with Crippen molar-refractivity contribution in [3.63, 3.8) is 0 Å². The third kappa shape index (κ3) is 3.46. The van der Waals surface area contributed by atoms with Gasteiger partial charge in [0.1, 0.15) is 0 Å². The van der Waals surface area contributed by atoms with Gasteiger partial charge in [-0.25, -0.2) is 4.98 Å². The van der Waals surface area contributed by atoms with E-state index >= 15 is 0 Å². The average molecular weight is 333 g/mol. The third-order valence-electron chi connectivity index (χ3n) is 3.39.